The molecule has 8 heteroatoms. The Morgan fingerprint density at radius 2 is 1.77 bits per heavy atom. The lowest BCUT2D eigenvalue weighted by molar-refractivity contribution is -0.0506. The molecule has 0 saturated carbocycles. The first-order chi connectivity index (χ1) is 12.5. The van der Waals surface area contributed by atoms with E-state index in [0.29, 0.717) is 24.5 Å². The second-order valence-electron chi connectivity index (χ2n) is 5.29. The zero-order valence-corrected chi connectivity index (χ0v) is 14.1. The minimum atomic E-state index is -3.05. The Morgan fingerprint density at radius 1 is 1.04 bits per heavy atom. The van der Waals surface area contributed by atoms with Crippen molar-refractivity contribution in [3.63, 3.8) is 0 Å². The van der Waals surface area contributed by atoms with Crippen LogP contribution in [0, 0.1) is 11.6 Å². The van der Waals surface area contributed by atoms with Gasteiger partial charge in [-0.15, -0.1) is 0 Å². The van der Waals surface area contributed by atoms with Gasteiger partial charge in [-0.3, -0.25) is 4.99 Å². The molecule has 2 aromatic carbocycles. The summed E-state index contributed by atoms with van der Waals surface area (Å²) in [6, 6.07) is 10.1. The normalized spacial score (nSPS) is 11.5. The molecule has 2 aromatic rings. The van der Waals surface area contributed by atoms with Crippen molar-refractivity contribution in [2.75, 3.05) is 13.6 Å². The largest absolute Gasteiger partial charge is 0.434 e. The van der Waals surface area contributed by atoms with Crippen LogP contribution in [0.3, 0.4) is 0 Å². The quantitative estimate of drug-likeness (QED) is 0.446. The highest BCUT2D eigenvalue weighted by molar-refractivity contribution is 5.79. The molecule has 2 rings (SSSR count). The Hall–Kier alpha value is -2.77. The summed E-state index contributed by atoms with van der Waals surface area (Å²) in [5.74, 6) is -0.878. The number of rotatable bonds is 7. The summed E-state index contributed by atoms with van der Waals surface area (Å²) in [5.41, 5.74) is 0.516. The summed E-state index contributed by atoms with van der Waals surface area (Å²) in [6.07, 6.45) is 0.423. The van der Waals surface area contributed by atoms with E-state index in [1.54, 1.807) is 18.2 Å². The van der Waals surface area contributed by atoms with Crippen LogP contribution in [0.4, 0.5) is 17.6 Å². The molecule has 0 saturated heterocycles. The maximum Gasteiger partial charge on any atom is 0.387 e. The number of hydrogen-bond donors (Lipinski definition) is 2. The minimum Gasteiger partial charge on any atom is -0.434 e. The summed E-state index contributed by atoms with van der Waals surface area (Å²) in [7, 11) is 1.51. The number of halogens is 4. The fourth-order valence-corrected chi connectivity index (χ4v) is 2.33. The first-order valence-electron chi connectivity index (χ1n) is 7.91. The predicted molar refractivity (Wildman–Crippen MR) is 91.3 cm³/mol. The molecular weight excluding hydrogens is 350 g/mol. The fraction of sp³-hybridized carbons (Fsp3) is 0.278. The lowest BCUT2D eigenvalue weighted by atomic mass is 10.1. The number of benzene rings is 2. The zero-order chi connectivity index (χ0) is 18.9. The lowest BCUT2D eigenvalue weighted by Crippen LogP contribution is -2.38. The van der Waals surface area contributed by atoms with Crippen molar-refractivity contribution in [3.05, 3.63) is 65.2 Å². The van der Waals surface area contributed by atoms with Crippen molar-refractivity contribution in [1.29, 1.82) is 0 Å². The van der Waals surface area contributed by atoms with Crippen LogP contribution in [0.1, 0.15) is 11.1 Å². The van der Waals surface area contributed by atoms with E-state index in [1.165, 1.54) is 25.2 Å². The van der Waals surface area contributed by atoms with E-state index in [2.05, 4.69) is 20.4 Å². The summed E-state index contributed by atoms with van der Waals surface area (Å²) >= 11 is 0. The zero-order valence-electron chi connectivity index (χ0n) is 14.1. The molecule has 0 fully saturated rings. The van der Waals surface area contributed by atoms with Gasteiger partial charge < -0.3 is 15.4 Å². The van der Waals surface area contributed by atoms with Gasteiger partial charge in [-0.2, -0.15) is 8.78 Å². The second kappa shape index (κ2) is 9.65. The van der Waals surface area contributed by atoms with Gasteiger partial charge in [0, 0.05) is 25.7 Å². The van der Waals surface area contributed by atoms with E-state index in [1.807, 2.05) is 0 Å². The summed E-state index contributed by atoms with van der Waals surface area (Å²) in [6.45, 7) is -2.76. The minimum absolute atomic E-state index is 0.0372. The highest BCUT2D eigenvalue weighted by atomic mass is 19.3. The molecule has 0 heterocycles. The summed E-state index contributed by atoms with van der Waals surface area (Å²) in [5, 5.41) is 5.78. The topological polar surface area (TPSA) is 45.7 Å². The number of guanidine groups is 1. The molecule has 4 nitrogen and oxygen atoms in total. The smallest absolute Gasteiger partial charge is 0.387 e. The van der Waals surface area contributed by atoms with E-state index < -0.39 is 12.4 Å². The Balaban J connectivity index is 1.92. The highest BCUT2D eigenvalue weighted by Crippen LogP contribution is 2.23. The molecule has 26 heavy (non-hydrogen) atoms. The molecule has 0 bridgehead atoms. The van der Waals surface area contributed by atoms with Crippen molar-refractivity contribution >= 4 is 5.96 Å². The van der Waals surface area contributed by atoms with E-state index in [0.717, 1.165) is 6.07 Å². The van der Waals surface area contributed by atoms with E-state index in [4.69, 9.17) is 0 Å². The maximum atomic E-state index is 13.9. The van der Waals surface area contributed by atoms with Gasteiger partial charge in [-0.25, -0.2) is 8.78 Å². The molecule has 0 aliphatic carbocycles. The molecule has 0 spiro atoms. The van der Waals surface area contributed by atoms with Crippen LogP contribution < -0.4 is 15.4 Å². The average Bonchev–Trinajstić information content (AvgIpc) is 2.60. The number of ether oxygens (including phenoxy) is 1. The third-order valence-corrected chi connectivity index (χ3v) is 3.59. The van der Waals surface area contributed by atoms with Crippen molar-refractivity contribution in [3.8, 4) is 5.75 Å². The SMILES string of the molecule is CN=C(NCCc1ccccc1F)NCc1c(F)cccc1OC(F)F. The van der Waals surface area contributed by atoms with Crippen molar-refractivity contribution < 1.29 is 22.3 Å². The first kappa shape index (κ1) is 19.6. The molecule has 0 aliphatic heterocycles. The Bertz CT molecular complexity index is 753. The Morgan fingerprint density at radius 3 is 2.46 bits per heavy atom. The van der Waals surface area contributed by atoms with Gasteiger partial charge in [0.15, 0.2) is 5.96 Å². The van der Waals surface area contributed by atoms with Crippen molar-refractivity contribution in [2.45, 2.75) is 19.6 Å². The molecule has 140 valence electrons. The van der Waals surface area contributed by atoms with Gasteiger partial charge in [-0.05, 0) is 30.2 Å². The first-order valence-corrected chi connectivity index (χ1v) is 7.91. The summed E-state index contributed by atoms with van der Waals surface area (Å²) < 4.78 is 56.7. The van der Waals surface area contributed by atoms with Crippen LogP contribution >= 0.6 is 0 Å². The standard InChI is InChI=1S/C18H19F4N3O/c1-23-18(24-10-9-12-5-2-3-6-14(12)19)25-11-13-15(20)7-4-8-16(13)26-17(21)22/h2-8,17H,9-11H2,1H3,(H2,23,24,25). The molecule has 2 N–H and O–H groups in total. The van der Waals surface area contributed by atoms with Crippen LogP contribution in [-0.4, -0.2) is 26.2 Å². The van der Waals surface area contributed by atoms with Crippen LogP contribution in [0.15, 0.2) is 47.5 Å². The Labute approximate surface area is 148 Å². The average molecular weight is 369 g/mol. The molecule has 0 radical (unpaired) electrons. The number of nitrogens with zero attached hydrogens (tertiary/aromatic N) is 1. The van der Waals surface area contributed by atoms with Gasteiger partial charge >= 0.3 is 6.61 Å². The van der Waals surface area contributed by atoms with E-state index >= 15 is 0 Å². The molecule has 0 aromatic heterocycles. The van der Waals surface area contributed by atoms with Gasteiger partial charge in [0.2, 0.25) is 0 Å². The number of aliphatic imine (C=N–C) groups is 1. The third-order valence-electron chi connectivity index (χ3n) is 3.59. The van der Waals surface area contributed by atoms with Gasteiger partial charge in [0.25, 0.3) is 0 Å². The van der Waals surface area contributed by atoms with Crippen LogP contribution in [0.5, 0.6) is 5.75 Å². The molecule has 0 unspecified atom stereocenters. The van der Waals surface area contributed by atoms with Gasteiger partial charge in [0.1, 0.15) is 17.4 Å². The third kappa shape index (κ3) is 5.65. The van der Waals surface area contributed by atoms with Gasteiger partial charge in [-0.1, -0.05) is 24.3 Å². The maximum absolute atomic E-state index is 13.9. The number of hydrogen-bond acceptors (Lipinski definition) is 2. The monoisotopic (exact) mass is 369 g/mol. The number of nitrogens with one attached hydrogen (secondary N) is 2. The predicted octanol–water partition coefficient (Wildman–Crippen LogP) is 3.47. The van der Waals surface area contributed by atoms with Gasteiger partial charge in [0.05, 0.1) is 0 Å². The highest BCUT2D eigenvalue weighted by Gasteiger charge is 2.14. The summed E-state index contributed by atoms with van der Waals surface area (Å²) in [4.78, 5) is 3.97. The number of alkyl halides is 2. The van der Waals surface area contributed by atoms with Crippen molar-refractivity contribution in [1.82, 2.24) is 10.6 Å². The fourth-order valence-electron chi connectivity index (χ4n) is 2.33. The van der Waals surface area contributed by atoms with Crippen LogP contribution in [0.2, 0.25) is 0 Å². The second-order valence-corrected chi connectivity index (χ2v) is 5.29. The van der Waals surface area contributed by atoms with Crippen LogP contribution in [0.25, 0.3) is 0 Å². The molecule has 0 aliphatic rings. The lowest BCUT2D eigenvalue weighted by Gasteiger charge is -2.15. The molecule has 0 amide bonds. The molecule has 0 atom stereocenters. The van der Waals surface area contributed by atoms with E-state index in [9.17, 15) is 17.6 Å². The Kier molecular flexibility index (Phi) is 7.25. The van der Waals surface area contributed by atoms with E-state index in [-0.39, 0.29) is 23.7 Å². The molecular formula is C18H19F4N3O. The van der Waals surface area contributed by atoms with Crippen LogP contribution in [-0.2, 0) is 13.0 Å². The van der Waals surface area contributed by atoms with Crippen molar-refractivity contribution in [2.24, 2.45) is 4.99 Å².